The fourth-order valence-corrected chi connectivity index (χ4v) is 14.5. The molecule has 0 saturated carbocycles. The molecule has 12 heteroatoms. The summed E-state index contributed by atoms with van der Waals surface area (Å²) in [4.78, 5) is 16.3. The second kappa shape index (κ2) is 16.2. The Morgan fingerprint density at radius 1 is 0.842 bits per heavy atom. The number of aromatic nitrogens is 5. The number of pyridine rings is 1. The SMILES string of the molecule is Cc1cc(O[Si](C(C)C)(C(C)C)C(C)C)cc(-n2nc(C(C)(C)C)cc2NC(=O)NC2CCC(Oc3ccc4nnc(N5CCCCC5)n4c3)c3ccccc32)c1. The number of anilines is 2. The van der Waals surface area contributed by atoms with E-state index in [0.29, 0.717) is 22.4 Å². The van der Waals surface area contributed by atoms with Gasteiger partial charge in [0.05, 0.1) is 23.6 Å². The van der Waals surface area contributed by atoms with Crippen molar-refractivity contribution < 1.29 is 14.0 Å². The Hall–Kier alpha value is -4.84. The van der Waals surface area contributed by atoms with Gasteiger partial charge in [-0.2, -0.15) is 5.10 Å². The fraction of sp³-hybridized carbons (Fsp3) is 0.511. The minimum atomic E-state index is -2.20. The molecule has 1 fully saturated rings. The molecular formula is C45H62N8O3Si. The second-order valence-electron chi connectivity index (χ2n) is 18.1. The normalized spacial score (nSPS) is 17.7. The van der Waals surface area contributed by atoms with E-state index >= 15 is 0 Å². The standard InChI is InChI=1S/C45H62N8O3Si/c1-29(2)57(30(3)4,31(5)6)56-35-25-32(7)24-33(26-35)53-42(27-40(50-53)45(8,9)10)47-43(54)46-38-19-20-39(37-17-13-12-16-36(37)38)55-34-18-21-41-48-49-44(52(41)28-34)51-22-14-11-15-23-51/h12-13,16-18,21,24-31,38-39H,11,14-15,19-20,22-23H2,1-10H3,(H2,46,47,54). The number of nitrogens with one attached hydrogen (secondary N) is 2. The number of carbonyl (C=O) groups is 1. The number of fused-ring (bicyclic) bond motifs is 2. The van der Waals surface area contributed by atoms with Crippen LogP contribution in [0.1, 0.15) is 129 Å². The molecule has 7 rings (SSSR count). The average molecular weight is 791 g/mol. The Labute approximate surface area is 339 Å². The molecular weight excluding hydrogens is 729 g/mol. The van der Waals surface area contributed by atoms with E-state index in [1.165, 1.54) is 19.3 Å². The summed E-state index contributed by atoms with van der Waals surface area (Å²) in [5, 5.41) is 20.5. The number of urea groups is 1. The van der Waals surface area contributed by atoms with Crippen LogP contribution in [0.25, 0.3) is 11.3 Å². The molecule has 2 unspecified atom stereocenters. The molecule has 11 nitrogen and oxygen atoms in total. The summed E-state index contributed by atoms with van der Waals surface area (Å²) in [6.07, 6.45) is 6.90. The minimum Gasteiger partial charge on any atom is -0.543 e. The van der Waals surface area contributed by atoms with Crippen molar-refractivity contribution in [2.75, 3.05) is 23.3 Å². The molecule has 1 aliphatic carbocycles. The molecule has 3 aromatic heterocycles. The summed E-state index contributed by atoms with van der Waals surface area (Å²) in [6, 6.07) is 20.0. The van der Waals surface area contributed by atoms with Gasteiger partial charge in [0.2, 0.25) is 5.95 Å². The fourth-order valence-electron chi connectivity index (χ4n) is 9.24. The second-order valence-corrected chi connectivity index (χ2v) is 23.5. The van der Waals surface area contributed by atoms with Gasteiger partial charge in [-0.15, -0.1) is 10.2 Å². The molecule has 2 amide bonds. The van der Waals surface area contributed by atoms with Crippen LogP contribution in [0.3, 0.4) is 0 Å². The van der Waals surface area contributed by atoms with Gasteiger partial charge >= 0.3 is 6.03 Å². The van der Waals surface area contributed by atoms with Crippen molar-refractivity contribution in [2.24, 2.45) is 0 Å². The lowest BCUT2D eigenvalue weighted by Crippen LogP contribution is -2.50. The van der Waals surface area contributed by atoms with Crippen LogP contribution < -0.4 is 24.7 Å². The molecule has 1 aliphatic heterocycles. The van der Waals surface area contributed by atoms with E-state index < -0.39 is 8.32 Å². The summed E-state index contributed by atoms with van der Waals surface area (Å²) < 4.78 is 17.7. The van der Waals surface area contributed by atoms with E-state index in [-0.39, 0.29) is 23.6 Å². The van der Waals surface area contributed by atoms with E-state index in [4.69, 9.17) is 14.3 Å². The van der Waals surface area contributed by atoms with E-state index in [0.717, 1.165) is 77.1 Å². The van der Waals surface area contributed by atoms with Crippen LogP contribution in [0.15, 0.2) is 66.9 Å². The molecule has 2 aliphatic rings. The first kappa shape index (κ1) is 40.4. The van der Waals surface area contributed by atoms with Crippen molar-refractivity contribution >= 4 is 31.8 Å². The zero-order valence-corrected chi connectivity index (χ0v) is 36.6. The predicted molar refractivity (Wildman–Crippen MR) is 232 cm³/mol. The van der Waals surface area contributed by atoms with E-state index in [1.54, 1.807) is 0 Å². The molecule has 5 aromatic rings. The van der Waals surface area contributed by atoms with Crippen molar-refractivity contribution in [2.45, 2.75) is 136 Å². The molecule has 0 spiro atoms. The summed E-state index contributed by atoms with van der Waals surface area (Å²) in [5.74, 6) is 3.10. The van der Waals surface area contributed by atoms with Crippen molar-refractivity contribution in [3.8, 4) is 17.2 Å². The summed E-state index contributed by atoms with van der Waals surface area (Å²) in [7, 11) is -2.20. The van der Waals surface area contributed by atoms with Crippen LogP contribution in [0.2, 0.25) is 16.6 Å². The van der Waals surface area contributed by atoms with Crippen LogP contribution in [-0.2, 0) is 5.41 Å². The average Bonchev–Trinajstić information content (AvgIpc) is 3.79. The molecule has 2 aromatic carbocycles. The van der Waals surface area contributed by atoms with Gasteiger partial charge in [-0.25, -0.2) is 9.48 Å². The summed E-state index contributed by atoms with van der Waals surface area (Å²) in [6.45, 7) is 24.3. The Morgan fingerprint density at radius 2 is 1.54 bits per heavy atom. The number of rotatable bonds is 11. The molecule has 0 bridgehead atoms. The maximum atomic E-state index is 14.0. The number of benzene rings is 2. The van der Waals surface area contributed by atoms with Crippen LogP contribution in [0, 0.1) is 6.92 Å². The lowest BCUT2D eigenvalue weighted by Gasteiger charge is -2.42. The van der Waals surface area contributed by atoms with Crippen molar-refractivity contribution in [1.29, 1.82) is 0 Å². The van der Waals surface area contributed by atoms with Crippen LogP contribution >= 0.6 is 0 Å². The van der Waals surface area contributed by atoms with Crippen LogP contribution in [0.5, 0.6) is 11.5 Å². The quantitative estimate of drug-likeness (QED) is 0.128. The van der Waals surface area contributed by atoms with Gasteiger partial charge in [-0.05, 0) is 96.6 Å². The molecule has 4 heterocycles. The number of hydrogen-bond acceptors (Lipinski definition) is 7. The van der Waals surface area contributed by atoms with Gasteiger partial charge in [0.15, 0.2) is 5.65 Å². The first-order chi connectivity index (χ1) is 27.1. The van der Waals surface area contributed by atoms with Gasteiger partial charge < -0.3 is 19.4 Å². The third-order valence-electron chi connectivity index (χ3n) is 12.0. The van der Waals surface area contributed by atoms with Crippen LogP contribution in [0.4, 0.5) is 16.6 Å². The maximum Gasteiger partial charge on any atom is 0.320 e. The third kappa shape index (κ3) is 8.28. The molecule has 1 saturated heterocycles. The zero-order chi connectivity index (χ0) is 40.6. The molecule has 57 heavy (non-hydrogen) atoms. The monoisotopic (exact) mass is 790 g/mol. The first-order valence-electron chi connectivity index (χ1n) is 21.0. The first-order valence-corrected chi connectivity index (χ1v) is 23.1. The number of carbonyl (C=O) groups excluding carboxylic acids is 1. The minimum absolute atomic E-state index is 0.160. The number of hydrogen-bond donors (Lipinski definition) is 2. The Bertz CT molecular complexity index is 2170. The van der Waals surface area contributed by atoms with Crippen molar-refractivity contribution in [1.82, 2.24) is 29.7 Å². The summed E-state index contributed by atoms with van der Waals surface area (Å²) >= 11 is 0. The molecule has 0 radical (unpaired) electrons. The molecule has 2 atom stereocenters. The van der Waals surface area contributed by atoms with Crippen molar-refractivity contribution in [3.05, 3.63) is 89.2 Å². The zero-order valence-electron chi connectivity index (χ0n) is 35.6. The predicted octanol–water partition coefficient (Wildman–Crippen LogP) is 10.8. The van der Waals surface area contributed by atoms with Gasteiger partial charge in [0.1, 0.15) is 23.4 Å². The maximum absolute atomic E-state index is 14.0. The Morgan fingerprint density at radius 3 is 2.23 bits per heavy atom. The summed E-state index contributed by atoms with van der Waals surface area (Å²) in [5.41, 5.74) is 6.83. The van der Waals surface area contributed by atoms with Crippen molar-refractivity contribution in [3.63, 3.8) is 0 Å². The van der Waals surface area contributed by atoms with Gasteiger partial charge in [0, 0.05) is 30.6 Å². The molecule has 2 N–H and O–H groups in total. The molecule has 304 valence electrons. The van der Waals surface area contributed by atoms with Gasteiger partial charge in [0.25, 0.3) is 8.32 Å². The van der Waals surface area contributed by atoms with Gasteiger partial charge in [-0.1, -0.05) is 86.6 Å². The number of ether oxygens (including phenoxy) is 1. The van der Waals surface area contributed by atoms with E-state index in [9.17, 15) is 4.79 Å². The number of piperidine rings is 1. The lowest BCUT2D eigenvalue weighted by molar-refractivity contribution is 0.171. The van der Waals surface area contributed by atoms with E-state index in [1.807, 2.05) is 45.6 Å². The van der Waals surface area contributed by atoms with E-state index in [2.05, 4.69) is 125 Å². The topological polar surface area (TPSA) is 111 Å². The highest BCUT2D eigenvalue weighted by Gasteiger charge is 2.47. The largest absolute Gasteiger partial charge is 0.543 e. The number of aryl methyl sites for hydroxylation is 1. The number of amides is 2. The highest BCUT2D eigenvalue weighted by molar-refractivity contribution is 6.78. The third-order valence-corrected chi connectivity index (χ3v) is 18.0. The highest BCUT2D eigenvalue weighted by atomic mass is 28.4. The lowest BCUT2D eigenvalue weighted by atomic mass is 9.85. The Balaban J connectivity index is 1.11. The highest BCUT2D eigenvalue weighted by Crippen LogP contribution is 2.44. The van der Waals surface area contributed by atoms with Gasteiger partial charge in [-0.3, -0.25) is 9.72 Å². The Kier molecular flexibility index (Phi) is 11.5. The van der Waals surface area contributed by atoms with Crippen LogP contribution in [-0.4, -0.2) is 51.8 Å². The smallest absolute Gasteiger partial charge is 0.320 e. The number of nitrogens with zero attached hydrogens (tertiary/aromatic N) is 6.